The van der Waals surface area contributed by atoms with Crippen LogP contribution >= 0.6 is 0 Å². The highest BCUT2D eigenvalue weighted by molar-refractivity contribution is 5.49. The molecule has 2 N–H and O–H groups in total. The van der Waals surface area contributed by atoms with Gasteiger partial charge >= 0.3 is 5.69 Å². The van der Waals surface area contributed by atoms with Crippen LogP contribution in [0.1, 0.15) is 18.7 Å². The summed E-state index contributed by atoms with van der Waals surface area (Å²) in [6.45, 7) is 3.74. The van der Waals surface area contributed by atoms with Gasteiger partial charge in [-0.3, -0.25) is 0 Å². The van der Waals surface area contributed by atoms with Crippen LogP contribution in [0, 0.1) is 6.92 Å². The molecule has 0 spiro atoms. The predicted molar refractivity (Wildman–Crippen MR) is 74.6 cm³/mol. The first kappa shape index (κ1) is 13.5. The second kappa shape index (κ2) is 5.83. The van der Waals surface area contributed by atoms with Gasteiger partial charge in [-0.2, -0.15) is 5.10 Å². The first-order chi connectivity index (χ1) is 9.08. The highest BCUT2D eigenvalue weighted by atomic mass is 16.1. The van der Waals surface area contributed by atoms with Gasteiger partial charge in [-0.25, -0.2) is 19.3 Å². The zero-order chi connectivity index (χ0) is 13.8. The predicted octanol–water partition coefficient (Wildman–Crippen LogP) is 0.480. The number of fused-ring (bicyclic) bond motifs is 1. The quantitative estimate of drug-likeness (QED) is 0.742. The summed E-state index contributed by atoms with van der Waals surface area (Å²) in [5.74, 6) is 1.39. The van der Waals surface area contributed by atoms with Crippen molar-refractivity contribution in [2.75, 3.05) is 32.5 Å². The molecule has 0 aliphatic heterocycles. The number of aromatic nitrogens is 4. The van der Waals surface area contributed by atoms with Crippen LogP contribution in [0.4, 0.5) is 5.82 Å². The third kappa shape index (κ3) is 3.31. The topological polar surface area (TPSA) is 78.3 Å². The SMILES string of the molecule is Cc1nc(NCCCCN(C)C)cc2n[nH]c(=O)n12. The van der Waals surface area contributed by atoms with E-state index < -0.39 is 0 Å². The lowest BCUT2D eigenvalue weighted by molar-refractivity contribution is 0.396. The molecule has 2 rings (SSSR count). The molecule has 0 unspecified atom stereocenters. The van der Waals surface area contributed by atoms with Crippen LogP contribution in [0.5, 0.6) is 0 Å². The molecule has 0 radical (unpaired) electrons. The average molecular weight is 264 g/mol. The number of rotatable bonds is 6. The lowest BCUT2D eigenvalue weighted by Crippen LogP contribution is -2.15. The molecule has 2 aromatic heterocycles. The number of unbranched alkanes of at least 4 members (excludes halogenated alkanes) is 1. The van der Waals surface area contributed by atoms with Crippen LogP contribution in [-0.2, 0) is 0 Å². The van der Waals surface area contributed by atoms with Gasteiger partial charge in [0.25, 0.3) is 0 Å². The number of hydrogen-bond acceptors (Lipinski definition) is 5. The van der Waals surface area contributed by atoms with Crippen LogP contribution in [-0.4, -0.2) is 51.7 Å². The molecule has 0 saturated carbocycles. The largest absolute Gasteiger partial charge is 0.370 e. The maximum absolute atomic E-state index is 11.5. The Morgan fingerprint density at radius 3 is 2.95 bits per heavy atom. The fraction of sp³-hybridized carbons (Fsp3) is 0.583. The molecule has 2 aromatic rings. The minimum Gasteiger partial charge on any atom is -0.370 e. The first-order valence-corrected chi connectivity index (χ1v) is 6.41. The normalized spacial score (nSPS) is 11.4. The lowest BCUT2D eigenvalue weighted by atomic mass is 10.3. The van der Waals surface area contributed by atoms with Crippen molar-refractivity contribution in [3.05, 3.63) is 22.4 Å². The van der Waals surface area contributed by atoms with Gasteiger partial charge in [-0.1, -0.05) is 0 Å². The Morgan fingerprint density at radius 1 is 1.42 bits per heavy atom. The van der Waals surface area contributed by atoms with Crippen LogP contribution in [0.3, 0.4) is 0 Å². The van der Waals surface area contributed by atoms with Crippen LogP contribution in [0.2, 0.25) is 0 Å². The summed E-state index contributed by atoms with van der Waals surface area (Å²) in [5.41, 5.74) is 0.339. The van der Waals surface area contributed by atoms with E-state index in [1.165, 1.54) is 4.40 Å². The Balaban J connectivity index is 1.96. The van der Waals surface area contributed by atoms with E-state index in [0.29, 0.717) is 11.5 Å². The van der Waals surface area contributed by atoms with Gasteiger partial charge in [-0.05, 0) is 40.4 Å². The van der Waals surface area contributed by atoms with Crippen molar-refractivity contribution >= 4 is 11.5 Å². The van der Waals surface area contributed by atoms with E-state index in [2.05, 4.69) is 39.5 Å². The smallest absolute Gasteiger partial charge is 0.349 e. The third-order valence-corrected chi connectivity index (χ3v) is 2.91. The maximum atomic E-state index is 11.5. The van der Waals surface area contributed by atoms with Gasteiger partial charge in [0, 0.05) is 12.6 Å². The molecule has 0 atom stereocenters. The minimum atomic E-state index is -0.252. The molecule has 0 bridgehead atoms. The molecular weight excluding hydrogens is 244 g/mol. The Labute approximate surface area is 111 Å². The Bertz CT molecular complexity index is 600. The summed E-state index contributed by atoms with van der Waals surface area (Å²) in [7, 11) is 4.14. The highest BCUT2D eigenvalue weighted by Gasteiger charge is 2.06. The number of nitrogens with one attached hydrogen (secondary N) is 2. The minimum absolute atomic E-state index is 0.252. The van der Waals surface area contributed by atoms with Crippen molar-refractivity contribution in [1.29, 1.82) is 0 Å². The van der Waals surface area contributed by atoms with Gasteiger partial charge in [0.05, 0.1) is 0 Å². The first-order valence-electron chi connectivity index (χ1n) is 6.41. The average Bonchev–Trinajstić information content (AvgIpc) is 2.70. The van der Waals surface area contributed by atoms with Crippen molar-refractivity contribution in [2.45, 2.75) is 19.8 Å². The summed E-state index contributed by atoms with van der Waals surface area (Å²) in [6, 6.07) is 1.77. The van der Waals surface area contributed by atoms with Crippen molar-refractivity contribution in [3.8, 4) is 0 Å². The van der Waals surface area contributed by atoms with Crippen molar-refractivity contribution in [2.24, 2.45) is 0 Å². The van der Waals surface area contributed by atoms with Crippen molar-refractivity contribution in [3.63, 3.8) is 0 Å². The van der Waals surface area contributed by atoms with Crippen molar-refractivity contribution < 1.29 is 0 Å². The number of H-pyrrole nitrogens is 1. The van der Waals surface area contributed by atoms with Crippen LogP contribution in [0.25, 0.3) is 5.65 Å². The summed E-state index contributed by atoms with van der Waals surface area (Å²) in [5, 5.41) is 9.63. The zero-order valence-electron chi connectivity index (χ0n) is 11.6. The van der Waals surface area contributed by atoms with Crippen molar-refractivity contribution in [1.82, 2.24) is 24.5 Å². The van der Waals surface area contributed by atoms with E-state index in [9.17, 15) is 4.79 Å². The maximum Gasteiger partial charge on any atom is 0.349 e. The fourth-order valence-corrected chi connectivity index (χ4v) is 1.96. The van der Waals surface area contributed by atoms with E-state index in [-0.39, 0.29) is 5.69 Å². The van der Waals surface area contributed by atoms with Gasteiger partial charge in [0.15, 0.2) is 5.65 Å². The standard InChI is InChI=1S/C12H20N6O/c1-9-14-10(13-6-4-5-7-17(2)3)8-11-15-16-12(19)18(9)11/h8,13H,4-7H2,1-3H3,(H,16,19). The van der Waals surface area contributed by atoms with Gasteiger partial charge in [-0.15, -0.1) is 0 Å². The Hall–Kier alpha value is -1.89. The summed E-state index contributed by atoms with van der Waals surface area (Å²) < 4.78 is 1.46. The molecule has 0 aliphatic rings. The molecule has 19 heavy (non-hydrogen) atoms. The van der Waals surface area contributed by atoms with E-state index in [0.717, 1.165) is 31.7 Å². The number of hydrogen-bond donors (Lipinski definition) is 2. The van der Waals surface area contributed by atoms with Gasteiger partial charge < -0.3 is 10.2 Å². The van der Waals surface area contributed by atoms with Gasteiger partial charge in [0.2, 0.25) is 0 Å². The molecule has 0 fully saturated rings. The van der Waals surface area contributed by atoms with Crippen LogP contribution < -0.4 is 11.0 Å². The molecule has 0 aliphatic carbocycles. The van der Waals surface area contributed by atoms with E-state index in [1.807, 2.05) is 0 Å². The van der Waals surface area contributed by atoms with E-state index >= 15 is 0 Å². The molecule has 0 amide bonds. The van der Waals surface area contributed by atoms with Crippen LogP contribution in [0.15, 0.2) is 10.9 Å². The number of nitrogens with zero attached hydrogens (tertiary/aromatic N) is 4. The van der Waals surface area contributed by atoms with E-state index in [4.69, 9.17) is 0 Å². The molecule has 7 heteroatoms. The second-order valence-corrected chi connectivity index (χ2v) is 4.85. The highest BCUT2D eigenvalue weighted by Crippen LogP contribution is 2.07. The summed E-state index contributed by atoms with van der Waals surface area (Å²) in [4.78, 5) is 18.0. The molecule has 7 nitrogen and oxygen atoms in total. The molecule has 2 heterocycles. The molecule has 0 saturated heterocycles. The van der Waals surface area contributed by atoms with E-state index in [1.54, 1.807) is 13.0 Å². The molecule has 104 valence electrons. The van der Waals surface area contributed by atoms with Gasteiger partial charge in [0.1, 0.15) is 11.6 Å². The lowest BCUT2D eigenvalue weighted by Gasteiger charge is -2.10. The summed E-state index contributed by atoms with van der Waals surface area (Å²) in [6.07, 6.45) is 2.22. The fourth-order valence-electron chi connectivity index (χ4n) is 1.96. The number of aromatic amines is 1. The zero-order valence-corrected chi connectivity index (χ0v) is 11.6. The molecule has 0 aromatic carbocycles. The second-order valence-electron chi connectivity index (χ2n) is 4.85. The number of anilines is 1. The monoisotopic (exact) mass is 264 g/mol. The molecular formula is C12H20N6O. The third-order valence-electron chi connectivity index (χ3n) is 2.91. The Morgan fingerprint density at radius 2 is 2.21 bits per heavy atom. The Kier molecular flexibility index (Phi) is 4.16. The number of aryl methyl sites for hydroxylation is 1. The summed E-state index contributed by atoms with van der Waals surface area (Å²) >= 11 is 0.